The highest BCUT2D eigenvalue weighted by molar-refractivity contribution is 5.91. The average Bonchev–Trinajstić information content (AvgIpc) is 3.59. The molecular weight excluding hydrogens is 594 g/mol. The summed E-state index contributed by atoms with van der Waals surface area (Å²) in [5.41, 5.74) is 10.0. The van der Waals surface area contributed by atoms with E-state index < -0.39 is 0 Å². The van der Waals surface area contributed by atoms with Crippen molar-refractivity contribution in [1.29, 1.82) is 0 Å². The Hall–Kier alpha value is -3.49. The van der Waals surface area contributed by atoms with Crippen molar-refractivity contribution < 1.29 is 4.79 Å². The number of likely N-dealkylation sites (tertiary alicyclic amines) is 1. The summed E-state index contributed by atoms with van der Waals surface area (Å²) in [5.74, 6) is 2.23. The van der Waals surface area contributed by atoms with Crippen molar-refractivity contribution in [2.45, 2.75) is 76.8 Å². The molecule has 5 fully saturated rings. The van der Waals surface area contributed by atoms with E-state index in [9.17, 15) is 4.79 Å². The molecule has 48 heavy (non-hydrogen) atoms. The Morgan fingerprint density at radius 3 is 2.40 bits per heavy atom. The topological polar surface area (TPSA) is 59.1 Å². The standard InChI is InChI=1S/C40H53N7O/c1-8-33(48)47-23-39(24-47)15-18-46(22-39)37-34(26(2)3)36(35-27(4)9-10-31-29(6)28(5)21-32(31)35)41-38(42-37)44-16-11-30(12-17-44)45-20-19-43(7)40(25-45)13-14-40/h8-10,26,30H,1,5-6,11-25H2,2-4,7H3. The second kappa shape index (κ2) is 11.5. The molecule has 2 aliphatic carbocycles. The molecule has 1 saturated carbocycles. The van der Waals surface area contributed by atoms with Crippen molar-refractivity contribution in [3.8, 4) is 11.3 Å². The number of amides is 1. The number of carbonyl (C=O) groups is 1. The van der Waals surface area contributed by atoms with Gasteiger partial charge in [0.15, 0.2) is 0 Å². The highest BCUT2D eigenvalue weighted by Crippen LogP contribution is 2.48. The van der Waals surface area contributed by atoms with Gasteiger partial charge in [-0.05, 0) is 92.3 Å². The average molecular weight is 648 g/mol. The molecule has 1 amide bonds. The number of carbonyl (C=O) groups excluding carboxylic acids is 1. The van der Waals surface area contributed by atoms with Crippen LogP contribution in [0.25, 0.3) is 16.8 Å². The van der Waals surface area contributed by atoms with Gasteiger partial charge < -0.3 is 14.7 Å². The lowest BCUT2D eigenvalue weighted by molar-refractivity contribution is -0.136. The fourth-order valence-electron chi connectivity index (χ4n) is 9.56. The number of likely N-dealkylation sites (N-methyl/N-ethyl adjacent to an activating group) is 1. The molecule has 8 heteroatoms. The first-order valence-corrected chi connectivity index (χ1v) is 18.3. The highest BCUT2D eigenvalue weighted by atomic mass is 16.2. The van der Waals surface area contributed by atoms with Crippen molar-refractivity contribution in [2.24, 2.45) is 5.41 Å². The van der Waals surface area contributed by atoms with E-state index in [4.69, 9.17) is 9.97 Å². The maximum Gasteiger partial charge on any atom is 0.245 e. The van der Waals surface area contributed by atoms with Crippen molar-refractivity contribution in [2.75, 3.05) is 75.8 Å². The molecular formula is C40H53N7O. The molecule has 4 aliphatic heterocycles. The van der Waals surface area contributed by atoms with Crippen LogP contribution < -0.4 is 9.80 Å². The highest BCUT2D eigenvalue weighted by Gasteiger charge is 2.51. The van der Waals surface area contributed by atoms with Crippen LogP contribution in [0.15, 0.2) is 43.5 Å². The molecule has 2 spiro atoms. The summed E-state index contributed by atoms with van der Waals surface area (Å²) in [7, 11) is 2.32. The molecule has 8 nitrogen and oxygen atoms in total. The van der Waals surface area contributed by atoms with Gasteiger partial charge in [-0.3, -0.25) is 14.6 Å². The zero-order valence-corrected chi connectivity index (χ0v) is 29.7. The number of hydrogen-bond acceptors (Lipinski definition) is 7. The Balaban J connectivity index is 1.15. The van der Waals surface area contributed by atoms with Crippen LogP contribution in [0.5, 0.6) is 0 Å². The molecule has 0 atom stereocenters. The van der Waals surface area contributed by atoms with E-state index in [2.05, 4.69) is 79.3 Å². The lowest BCUT2D eigenvalue weighted by atomic mass is 9.79. The molecule has 0 radical (unpaired) electrons. The van der Waals surface area contributed by atoms with Crippen LogP contribution in [-0.4, -0.2) is 108 Å². The van der Waals surface area contributed by atoms with Crippen LogP contribution in [0.2, 0.25) is 0 Å². The van der Waals surface area contributed by atoms with Gasteiger partial charge in [0.1, 0.15) is 5.82 Å². The SMILES string of the molecule is C=CC(=O)N1CC2(CCN(c3nc(N4CCC(N5CCN(C)C6(CC6)C5)CC4)nc(-c4c(C)ccc5c4CC(=C)C5=C)c3C(C)C)C2)C1. The third kappa shape index (κ3) is 5.13. The van der Waals surface area contributed by atoms with Crippen LogP contribution in [0.3, 0.4) is 0 Å². The number of fused-ring (bicyclic) bond motifs is 1. The van der Waals surface area contributed by atoms with Crippen LogP contribution in [-0.2, 0) is 11.2 Å². The first kappa shape index (κ1) is 31.8. The maximum absolute atomic E-state index is 12.3. The predicted octanol–water partition coefficient (Wildman–Crippen LogP) is 5.67. The Labute approximate surface area is 287 Å². The number of rotatable bonds is 6. The minimum Gasteiger partial charge on any atom is -0.355 e. The Morgan fingerprint density at radius 2 is 1.71 bits per heavy atom. The fourth-order valence-corrected chi connectivity index (χ4v) is 9.56. The number of piperidine rings is 1. The van der Waals surface area contributed by atoms with Gasteiger partial charge >= 0.3 is 0 Å². The molecule has 8 rings (SSSR count). The molecule has 0 unspecified atom stereocenters. The van der Waals surface area contributed by atoms with Crippen LogP contribution >= 0.6 is 0 Å². The van der Waals surface area contributed by atoms with E-state index in [1.54, 1.807) is 0 Å². The summed E-state index contributed by atoms with van der Waals surface area (Å²) in [6.45, 7) is 28.3. The maximum atomic E-state index is 12.3. The third-order valence-electron chi connectivity index (χ3n) is 12.8. The minimum atomic E-state index is 0.0393. The lowest BCUT2D eigenvalue weighted by Crippen LogP contribution is -2.59. The zero-order valence-electron chi connectivity index (χ0n) is 29.7. The summed E-state index contributed by atoms with van der Waals surface area (Å²) in [5, 5.41) is 0. The summed E-state index contributed by atoms with van der Waals surface area (Å²) < 4.78 is 0. The van der Waals surface area contributed by atoms with Crippen molar-refractivity contribution in [1.82, 2.24) is 24.7 Å². The van der Waals surface area contributed by atoms with E-state index in [1.807, 2.05) is 4.90 Å². The monoisotopic (exact) mass is 647 g/mol. The summed E-state index contributed by atoms with van der Waals surface area (Å²) in [6.07, 6.45) is 8.33. The molecule has 5 heterocycles. The number of aryl methyl sites for hydroxylation is 1. The van der Waals surface area contributed by atoms with Crippen LogP contribution in [0.1, 0.15) is 74.1 Å². The van der Waals surface area contributed by atoms with Gasteiger partial charge in [-0.15, -0.1) is 0 Å². The summed E-state index contributed by atoms with van der Waals surface area (Å²) in [6, 6.07) is 5.09. The first-order valence-electron chi connectivity index (χ1n) is 18.3. The molecule has 0 bridgehead atoms. The van der Waals surface area contributed by atoms with E-state index >= 15 is 0 Å². The fraction of sp³-hybridized carbons (Fsp3) is 0.575. The number of aromatic nitrogens is 2. The third-order valence-corrected chi connectivity index (χ3v) is 12.8. The quantitative estimate of drug-likeness (QED) is 0.375. The van der Waals surface area contributed by atoms with E-state index in [-0.39, 0.29) is 17.2 Å². The van der Waals surface area contributed by atoms with Gasteiger partial charge in [-0.1, -0.05) is 45.7 Å². The zero-order chi connectivity index (χ0) is 33.5. The van der Waals surface area contributed by atoms with Gasteiger partial charge in [-0.25, -0.2) is 4.98 Å². The van der Waals surface area contributed by atoms with Crippen molar-refractivity contribution in [3.63, 3.8) is 0 Å². The lowest BCUT2D eigenvalue weighted by Gasteiger charge is -2.47. The number of anilines is 2. The molecule has 4 saturated heterocycles. The molecule has 0 N–H and O–H groups in total. The van der Waals surface area contributed by atoms with Gasteiger partial charge in [0.25, 0.3) is 0 Å². The van der Waals surface area contributed by atoms with Crippen molar-refractivity contribution >= 4 is 23.2 Å². The van der Waals surface area contributed by atoms with Crippen LogP contribution in [0, 0.1) is 12.3 Å². The van der Waals surface area contributed by atoms with E-state index in [0.29, 0.717) is 11.6 Å². The number of benzene rings is 1. The molecule has 2 aromatic rings. The molecule has 1 aromatic carbocycles. The number of piperazine rings is 1. The number of hydrogen-bond donors (Lipinski definition) is 0. The second-order valence-corrected chi connectivity index (χ2v) is 16.2. The van der Waals surface area contributed by atoms with Gasteiger partial charge in [0, 0.05) is 87.0 Å². The number of nitrogens with zero attached hydrogens (tertiary/aromatic N) is 7. The number of allylic oxidation sites excluding steroid dienone is 2. The van der Waals surface area contributed by atoms with Gasteiger partial charge in [0.2, 0.25) is 11.9 Å². The van der Waals surface area contributed by atoms with Gasteiger partial charge in [-0.2, -0.15) is 4.98 Å². The van der Waals surface area contributed by atoms with E-state index in [1.165, 1.54) is 66.4 Å². The Kier molecular flexibility index (Phi) is 7.64. The predicted molar refractivity (Wildman–Crippen MR) is 196 cm³/mol. The second-order valence-electron chi connectivity index (χ2n) is 16.2. The Morgan fingerprint density at radius 1 is 0.958 bits per heavy atom. The molecule has 254 valence electrons. The normalized spacial score (nSPS) is 23.8. The van der Waals surface area contributed by atoms with Crippen molar-refractivity contribution in [3.05, 3.63) is 65.8 Å². The molecule has 1 aromatic heterocycles. The minimum absolute atomic E-state index is 0.0393. The van der Waals surface area contributed by atoms with Gasteiger partial charge in [0.05, 0.1) is 5.69 Å². The largest absolute Gasteiger partial charge is 0.355 e. The summed E-state index contributed by atoms with van der Waals surface area (Å²) in [4.78, 5) is 35.7. The smallest absolute Gasteiger partial charge is 0.245 e. The Bertz CT molecular complexity index is 1690. The van der Waals surface area contributed by atoms with Crippen LogP contribution in [0.4, 0.5) is 11.8 Å². The summed E-state index contributed by atoms with van der Waals surface area (Å²) >= 11 is 0. The molecule has 6 aliphatic rings. The first-order chi connectivity index (χ1) is 23.0. The van der Waals surface area contributed by atoms with E-state index in [0.717, 1.165) is 93.6 Å².